The third kappa shape index (κ3) is 3.47. The number of aryl methyl sites for hydroxylation is 1. The van der Waals surface area contributed by atoms with Crippen LogP contribution in [-0.2, 0) is 0 Å². The first-order valence-corrected chi connectivity index (χ1v) is 6.70. The molecule has 0 atom stereocenters. The molecule has 23 heavy (non-hydrogen) atoms. The summed E-state index contributed by atoms with van der Waals surface area (Å²) in [5, 5.41) is 30.1. The number of ether oxygens (including phenoxy) is 1. The van der Waals surface area contributed by atoms with E-state index in [0.29, 0.717) is 16.7 Å². The van der Waals surface area contributed by atoms with Crippen LogP contribution in [0.1, 0.15) is 16.7 Å². The van der Waals surface area contributed by atoms with E-state index in [1.165, 1.54) is 25.3 Å². The lowest BCUT2D eigenvalue weighted by Crippen LogP contribution is -1.93. The zero-order chi connectivity index (χ0) is 17.0. The van der Waals surface area contributed by atoms with Gasteiger partial charge in [-0.15, -0.1) is 0 Å². The number of phenolic OH excluding ortho intramolecular Hbond substituents is 1. The Labute approximate surface area is 133 Å². The van der Waals surface area contributed by atoms with Crippen molar-refractivity contribution in [1.82, 2.24) is 0 Å². The second-order valence-corrected chi connectivity index (χ2v) is 4.88. The van der Waals surface area contributed by atoms with Gasteiger partial charge in [-0.3, -0.25) is 10.1 Å². The van der Waals surface area contributed by atoms with Gasteiger partial charge in [0.2, 0.25) is 5.75 Å². The quantitative estimate of drug-likeness (QED) is 0.402. The van der Waals surface area contributed by atoms with E-state index in [-0.39, 0.29) is 5.75 Å². The highest BCUT2D eigenvalue weighted by molar-refractivity contribution is 5.90. The van der Waals surface area contributed by atoms with Gasteiger partial charge in [0.1, 0.15) is 0 Å². The minimum absolute atomic E-state index is 0.0216. The van der Waals surface area contributed by atoms with E-state index < -0.39 is 16.4 Å². The highest BCUT2D eigenvalue weighted by Gasteiger charge is 2.19. The summed E-state index contributed by atoms with van der Waals surface area (Å²) >= 11 is 0. The lowest BCUT2D eigenvalue weighted by atomic mass is 10.0. The van der Waals surface area contributed by atoms with Crippen LogP contribution in [0.4, 0.5) is 5.69 Å². The number of hydrogen-bond acceptors (Lipinski definition) is 5. The zero-order valence-electron chi connectivity index (χ0n) is 12.6. The highest BCUT2D eigenvalue weighted by atomic mass is 16.6. The number of nitro groups is 1. The molecule has 0 bridgehead atoms. The fraction of sp³-hybridized carbons (Fsp3) is 0.118. The lowest BCUT2D eigenvalue weighted by molar-refractivity contribution is -0.386. The van der Waals surface area contributed by atoms with Crippen LogP contribution >= 0.6 is 0 Å². The van der Waals surface area contributed by atoms with Gasteiger partial charge in [0, 0.05) is 6.07 Å². The predicted octanol–water partition coefficient (Wildman–Crippen LogP) is 3.68. The van der Waals surface area contributed by atoms with Gasteiger partial charge >= 0.3 is 5.69 Å². The maximum atomic E-state index is 11.0. The lowest BCUT2D eigenvalue weighted by Gasteiger charge is -2.06. The Balaban J connectivity index is 2.56. The number of nitriles is 1. The SMILES string of the molecule is COc1cc(C=C(C#N)c2ccc(C)cc2)cc([N+](=O)[O-])c1O. The third-order valence-electron chi connectivity index (χ3n) is 3.29. The average Bonchev–Trinajstić information content (AvgIpc) is 2.54. The number of benzene rings is 2. The maximum absolute atomic E-state index is 11.0. The van der Waals surface area contributed by atoms with Crippen LogP contribution in [0.15, 0.2) is 36.4 Å². The van der Waals surface area contributed by atoms with Crippen molar-refractivity contribution in [3.63, 3.8) is 0 Å². The van der Waals surface area contributed by atoms with Gasteiger partial charge in [0.25, 0.3) is 0 Å². The molecule has 0 aromatic heterocycles. The van der Waals surface area contributed by atoms with Gasteiger partial charge < -0.3 is 9.84 Å². The normalized spacial score (nSPS) is 10.9. The van der Waals surface area contributed by atoms with Crippen molar-refractivity contribution in [2.24, 2.45) is 0 Å². The molecule has 0 saturated carbocycles. The van der Waals surface area contributed by atoms with Crippen LogP contribution in [0.5, 0.6) is 11.5 Å². The van der Waals surface area contributed by atoms with E-state index >= 15 is 0 Å². The molecule has 116 valence electrons. The molecule has 6 nitrogen and oxygen atoms in total. The fourth-order valence-corrected chi connectivity index (χ4v) is 2.07. The van der Waals surface area contributed by atoms with Crippen LogP contribution in [-0.4, -0.2) is 17.1 Å². The van der Waals surface area contributed by atoms with E-state index in [4.69, 9.17) is 4.74 Å². The molecule has 0 unspecified atom stereocenters. The Hall–Kier alpha value is -3.33. The topological polar surface area (TPSA) is 96.4 Å². The van der Waals surface area contributed by atoms with Crippen LogP contribution in [0.25, 0.3) is 11.6 Å². The summed E-state index contributed by atoms with van der Waals surface area (Å²) in [6, 6.07) is 12.1. The molecule has 0 aliphatic heterocycles. The van der Waals surface area contributed by atoms with Crippen molar-refractivity contribution in [2.75, 3.05) is 7.11 Å². The predicted molar refractivity (Wildman–Crippen MR) is 86.0 cm³/mol. The summed E-state index contributed by atoms with van der Waals surface area (Å²) in [4.78, 5) is 10.3. The summed E-state index contributed by atoms with van der Waals surface area (Å²) in [6.07, 6.45) is 1.51. The molecule has 2 aromatic carbocycles. The number of rotatable bonds is 4. The number of phenols is 1. The van der Waals surface area contributed by atoms with E-state index in [2.05, 4.69) is 6.07 Å². The van der Waals surface area contributed by atoms with Crippen molar-refractivity contribution < 1.29 is 14.8 Å². The second-order valence-electron chi connectivity index (χ2n) is 4.88. The van der Waals surface area contributed by atoms with Crippen molar-refractivity contribution in [1.29, 1.82) is 5.26 Å². The average molecular weight is 310 g/mol. The van der Waals surface area contributed by atoms with Crippen molar-refractivity contribution in [3.05, 3.63) is 63.2 Å². The minimum atomic E-state index is -0.701. The molecule has 0 aliphatic rings. The number of allylic oxidation sites excluding steroid dienone is 1. The molecular formula is C17H14N2O4. The van der Waals surface area contributed by atoms with Crippen LogP contribution in [0.2, 0.25) is 0 Å². The van der Waals surface area contributed by atoms with Gasteiger partial charge in [0.15, 0.2) is 5.75 Å². The summed E-state index contributed by atoms with van der Waals surface area (Å²) < 4.78 is 4.95. The highest BCUT2D eigenvalue weighted by Crippen LogP contribution is 2.37. The Morgan fingerprint density at radius 3 is 2.52 bits per heavy atom. The molecule has 0 aliphatic carbocycles. The summed E-state index contributed by atoms with van der Waals surface area (Å²) in [5.74, 6) is -0.560. The van der Waals surface area contributed by atoms with Crippen LogP contribution in [0.3, 0.4) is 0 Å². The van der Waals surface area contributed by atoms with Crippen molar-refractivity contribution in [2.45, 2.75) is 6.92 Å². The molecule has 0 saturated heterocycles. The van der Waals surface area contributed by atoms with Crippen molar-refractivity contribution >= 4 is 17.3 Å². The zero-order valence-corrected chi connectivity index (χ0v) is 12.6. The number of hydrogen-bond donors (Lipinski definition) is 1. The van der Waals surface area contributed by atoms with E-state index in [1.54, 1.807) is 12.1 Å². The Kier molecular flexibility index (Phi) is 4.62. The standard InChI is InChI=1S/C17H14N2O4/c1-11-3-5-13(6-4-11)14(10-18)7-12-8-15(19(21)22)17(20)16(9-12)23-2/h3-9,20H,1-2H3. The smallest absolute Gasteiger partial charge is 0.315 e. The van der Waals surface area contributed by atoms with Crippen molar-refractivity contribution in [3.8, 4) is 17.6 Å². The van der Waals surface area contributed by atoms with Gasteiger partial charge in [-0.1, -0.05) is 29.8 Å². The Morgan fingerprint density at radius 1 is 1.35 bits per heavy atom. The van der Waals surface area contributed by atoms with Gasteiger partial charge in [-0.2, -0.15) is 5.26 Å². The molecule has 0 heterocycles. The Morgan fingerprint density at radius 2 is 2.00 bits per heavy atom. The molecule has 6 heteroatoms. The first kappa shape index (κ1) is 16.0. The number of nitrogens with zero attached hydrogens (tertiary/aromatic N) is 2. The fourth-order valence-electron chi connectivity index (χ4n) is 2.07. The van der Waals surface area contributed by atoms with E-state index in [1.807, 2.05) is 19.1 Å². The number of nitro benzene ring substituents is 1. The molecule has 2 aromatic rings. The molecule has 0 fully saturated rings. The van der Waals surface area contributed by atoms with Crippen LogP contribution in [0, 0.1) is 28.4 Å². The Bertz CT molecular complexity index is 818. The van der Waals surface area contributed by atoms with Gasteiger partial charge in [-0.25, -0.2) is 0 Å². The first-order chi connectivity index (χ1) is 11.0. The van der Waals surface area contributed by atoms with Gasteiger partial charge in [0.05, 0.1) is 23.7 Å². The van der Waals surface area contributed by atoms with Gasteiger partial charge in [-0.05, 0) is 30.2 Å². The largest absolute Gasteiger partial charge is 0.500 e. The summed E-state index contributed by atoms with van der Waals surface area (Å²) in [7, 11) is 1.30. The molecule has 0 amide bonds. The molecule has 2 rings (SSSR count). The van der Waals surface area contributed by atoms with Crippen LogP contribution < -0.4 is 4.74 Å². The maximum Gasteiger partial charge on any atom is 0.315 e. The molecule has 1 N–H and O–H groups in total. The number of methoxy groups -OCH3 is 1. The molecule has 0 spiro atoms. The molecule has 0 radical (unpaired) electrons. The second kappa shape index (κ2) is 6.62. The molecular weight excluding hydrogens is 296 g/mol. The summed E-state index contributed by atoms with van der Waals surface area (Å²) in [5.41, 5.74) is 2.04. The van der Waals surface area contributed by atoms with E-state index in [0.717, 1.165) is 5.56 Å². The number of aromatic hydroxyl groups is 1. The van der Waals surface area contributed by atoms with E-state index in [9.17, 15) is 20.5 Å². The third-order valence-corrected chi connectivity index (χ3v) is 3.29. The monoisotopic (exact) mass is 310 g/mol. The minimum Gasteiger partial charge on any atom is -0.500 e. The summed E-state index contributed by atoms with van der Waals surface area (Å²) in [6.45, 7) is 1.94. The first-order valence-electron chi connectivity index (χ1n) is 6.70.